The van der Waals surface area contributed by atoms with Gasteiger partial charge in [-0.15, -0.1) is 0 Å². The highest BCUT2D eigenvalue weighted by atomic mass is 16.5. The van der Waals surface area contributed by atoms with E-state index in [0.29, 0.717) is 5.92 Å². The van der Waals surface area contributed by atoms with Crippen molar-refractivity contribution >= 4 is 0 Å². The highest BCUT2D eigenvalue weighted by Crippen LogP contribution is 2.22. The Hall–Kier alpha value is -1.54. The minimum atomic E-state index is -0.155. The number of aliphatic hydroxyl groups excluding tert-OH is 2. The minimum absolute atomic E-state index is 0.155. The number of benzene rings is 1. The summed E-state index contributed by atoms with van der Waals surface area (Å²) in [7, 11) is 1.62. The van der Waals surface area contributed by atoms with Crippen molar-refractivity contribution in [2.75, 3.05) is 33.4 Å². The number of hydrogen-bond acceptors (Lipinski definition) is 4. The number of methoxy groups -OCH3 is 1. The number of likely N-dealkylation sites (tertiary alicyclic amines) is 1. The summed E-state index contributed by atoms with van der Waals surface area (Å²) < 4.78 is 5.27. The summed E-state index contributed by atoms with van der Waals surface area (Å²) in [6.07, 6.45) is 1.06. The van der Waals surface area contributed by atoms with Gasteiger partial charge in [-0.05, 0) is 36.6 Å². The minimum Gasteiger partial charge on any atom is -0.495 e. The predicted molar refractivity (Wildman–Crippen MR) is 77.4 cm³/mol. The van der Waals surface area contributed by atoms with Crippen LogP contribution in [0.5, 0.6) is 5.75 Å². The van der Waals surface area contributed by atoms with Gasteiger partial charge in [-0.2, -0.15) is 0 Å². The van der Waals surface area contributed by atoms with Gasteiger partial charge in [-0.25, -0.2) is 0 Å². The van der Waals surface area contributed by atoms with Gasteiger partial charge in [0.1, 0.15) is 12.4 Å². The van der Waals surface area contributed by atoms with Gasteiger partial charge in [-0.3, -0.25) is 4.90 Å². The second-order valence-electron chi connectivity index (χ2n) is 5.07. The van der Waals surface area contributed by atoms with E-state index in [1.165, 1.54) is 5.56 Å². The second-order valence-corrected chi connectivity index (χ2v) is 5.07. The number of hydrogen-bond donors (Lipinski definition) is 2. The highest BCUT2D eigenvalue weighted by molar-refractivity contribution is 5.48. The van der Waals surface area contributed by atoms with Gasteiger partial charge < -0.3 is 14.9 Å². The van der Waals surface area contributed by atoms with Gasteiger partial charge in [0.05, 0.1) is 12.7 Å². The molecule has 0 saturated carbocycles. The van der Waals surface area contributed by atoms with Crippen molar-refractivity contribution < 1.29 is 14.9 Å². The Labute approximate surface area is 120 Å². The SMILES string of the molecule is COc1ccc(CN2CCC(CO)C2)cc1C#CCO. The molecule has 1 aromatic rings. The largest absolute Gasteiger partial charge is 0.495 e. The molecule has 1 heterocycles. The molecular formula is C16H21NO3. The fraction of sp³-hybridized carbons (Fsp3) is 0.500. The van der Waals surface area contributed by atoms with Crippen LogP contribution in [-0.2, 0) is 6.54 Å². The van der Waals surface area contributed by atoms with Gasteiger partial charge in [0.15, 0.2) is 0 Å². The summed E-state index contributed by atoms with van der Waals surface area (Å²) in [6.45, 7) is 2.94. The van der Waals surface area contributed by atoms with E-state index in [1.807, 2.05) is 18.2 Å². The third-order valence-corrected chi connectivity index (χ3v) is 3.60. The molecule has 4 nitrogen and oxygen atoms in total. The molecular weight excluding hydrogens is 254 g/mol. The van der Waals surface area contributed by atoms with Crippen molar-refractivity contribution in [1.82, 2.24) is 4.90 Å². The van der Waals surface area contributed by atoms with E-state index < -0.39 is 0 Å². The maximum absolute atomic E-state index is 9.17. The molecule has 2 rings (SSSR count). The lowest BCUT2D eigenvalue weighted by Gasteiger charge is -2.16. The first-order valence-electron chi connectivity index (χ1n) is 6.86. The summed E-state index contributed by atoms with van der Waals surface area (Å²) in [5, 5.41) is 18.0. The molecule has 20 heavy (non-hydrogen) atoms. The molecule has 1 aliphatic heterocycles. The smallest absolute Gasteiger partial charge is 0.134 e. The Bertz CT molecular complexity index is 504. The first-order valence-corrected chi connectivity index (χ1v) is 6.86. The van der Waals surface area contributed by atoms with Gasteiger partial charge >= 0.3 is 0 Å². The summed E-state index contributed by atoms with van der Waals surface area (Å²) in [5.41, 5.74) is 1.98. The summed E-state index contributed by atoms with van der Waals surface area (Å²) in [6, 6.07) is 5.96. The lowest BCUT2D eigenvalue weighted by atomic mass is 10.1. The predicted octanol–water partition coefficient (Wildman–Crippen LogP) is 0.853. The van der Waals surface area contributed by atoms with Gasteiger partial charge in [0.2, 0.25) is 0 Å². The van der Waals surface area contributed by atoms with Crippen LogP contribution in [0.3, 0.4) is 0 Å². The average molecular weight is 275 g/mol. The first kappa shape index (κ1) is 14.9. The Morgan fingerprint density at radius 2 is 2.25 bits per heavy atom. The number of aliphatic hydroxyl groups is 2. The zero-order valence-electron chi connectivity index (χ0n) is 11.8. The van der Waals surface area contributed by atoms with Gasteiger partial charge in [0, 0.05) is 19.7 Å². The molecule has 0 aliphatic carbocycles. The summed E-state index contributed by atoms with van der Waals surface area (Å²) >= 11 is 0. The molecule has 0 radical (unpaired) electrons. The van der Waals surface area contributed by atoms with Crippen molar-refractivity contribution in [3.63, 3.8) is 0 Å². The Morgan fingerprint density at radius 3 is 2.90 bits per heavy atom. The quantitative estimate of drug-likeness (QED) is 0.800. The van der Waals surface area contributed by atoms with E-state index in [2.05, 4.69) is 16.7 Å². The van der Waals surface area contributed by atoms with Crippen LogP contribution in [0.4, 0.5) is 0 Å². The third-order valence-electron chi connectivity index (χ3n) is 3.60. The number of rotatable bonds is 4. The topological polar surface area (TPSA) is 52.9 Å². The lowest BCUT2D eigenvalue weighted by molar-refractivity contribution is 0.220. The van der Waals surface area contributed by atoms with Crippen molar-refractivity contribution in [3.05, 3.63) is 29.3 Å². The van der Waals surface area contributed by atoms with E-state index in [4.69, 9.17) is 9.84 Å². The van der Waals surface area contributed by atoms with E-state index in [0.717, 1.165) is 37.4 Å². The molecule has 1 saturated heterocycles. The average Bonchev–Trinajstić information content (AvgIpc) is 2.93. The fourth-order valence-electron chi connectivity index (χ4n) is 2.55. The standard InChI is InChI=1S/C16H21NO3/c1-20-16-5-4-13(9-15(16)3-2-8-18)10-17-7-6-14(11-17)12-19/h4-5,9,14,18-19H,6-8,10-12H2,1H3. The van der Waals surface area contributed by atoms with Crippen molar-refractivity contribution in [2.45, 2.75) is 13.0 Å². The van der Waals surface area contributed by atoms with E-state index in [1.54, 1.807) is 7.11 Å². The molecule has 0 aromatic heterocycles. The molecule has 108 valence electrons. The summed E-state index contributed by atoms with van der Waals surface area (Å²) in [4.78, 5) is 2.34. The Morgan fingerprint density at radius 1 is 1.40 bits per heavy atom. The van der Waals surface area contributed by atoms with Gasteiger partial charge in [0.25, 0.3) is 0 Å². The molecule has 1 aromatic carbocycles. The fourth-order valence-corrected chi connectivity index (χ4v) is 2.55. The number of ether oxygens (including phenoxy) is 1. The Balaban J connectivity index is 2.09. The van der Waals surface area contributed by atoms with E-state index in [9.17, 15) is 5.11 Å². The van der Waals surface area contributed by atoms with Crippen molar-refractivity contribution in [2.24, 2.45) is 5.92 Å². The van der Waals surface area contributed by atoms with Crippen LogP contribution < -0.4 is 4.74 Å². The van der Waals surface area contributed by atoms with Crippen LogP contribution in [0.15, 0.2) is 18.2 Å². The zero-order valence-corrected chi connectivity index (χ0v) is 11.8. The van der Waals surface area contributed by atoms with Crippen LogP contribution in [-0.4, -0.2) is 48.5 Å². The van der Waals surface area contributed by atoms with E-state index >= 15 is 0 Å². The van der Waals surface area contributed by atoms with Crippen LogP contribution >= 0.6 is 0 Å². The first-order chi connectivity index (χ1) is 9.76. The maximum Gasteiger partial charge on any atom is 0.134 e. The molecule has 1 unspecified atom stereocenters. The van der Waals surface area contributed by atoms with Crippen molar-refractivity contribution in [3.8, 4) is 17.6 Å². The van der Waals surface area contributed by atoms with Crippen LogP contribution in [0.1, 0.15) is 17.5 Å². The van der Waals surface area contributed by atoms with Gasteiger partial charge in [-0.1, -0.05) is 17.9 Å². The molecule has 1 atom stereocenters. The normalized spacial score (nSPS) is 18.6. The van der Waals surface area contributed by atoms with Crippen LogP contribution in [0.25, 0.3) is 0 Å². The third kappa shape index (κ3) is 3.73. The second kappa shape index (κ2) is 7.30. The zero-order chi connectivity index (χ0) is 14.4. The molecule has 1 aliphatic rings. The Kier molecular flexibility index (Phi) is 5.42. The van der Waals surface area contributed by atoms with Crippen LogP contribution in [0.2, 0.25) is 0 Å². The monoisotopic (exact) mass is 275 g/mol. The molecule has 0 amide bonds. The van der Waals surface area contributed by atoms with Crippen LogP contribution in [0, 0.1) is 17.8 Å². The molecule has 0 bridgehead atoms. The highest BCUT2D eigenvalue weighted by Gasteiger charge is 2.21. The van der Waals surface area contributed by atoms with E-state index in [-0.39, 0.29) is 13.2 Å². The molecule has 2 N–H and O–H groups in total. The molecule has 0 spiro atoms. The molecule has 1 fully saturated rings. The summed E-state index contributed by atoms with van der Waals surface area (Å²) in [5.74, 6) is 6.70. The number of nitrogens with zero attached hydrogens (tertiary/aromatic N) is 1. The lowest BCUT2D eigenvalue weighted by Crippen LogP contribution is -2.21. The maximum atomic E-state index is 9.17. The molecule has 4 heteroatoms. The van der Waals surface area contributed by atoms with Crippen molar-refractivity contribution in [1.29, 1.82) is 0 Å².